The zero-order valence-electron chi connectivity index (χ0n) is 18.4. The number of anilines is 1. The van der Waals surface area contributed by atoms with Crippen LogP contribution < -0.4 is 4.90 Å². The molecule has 5 heteroatoms. The number of allylic oxidation sites excluding steroid dienone is 3. The standard InChI is InChI=1S/C24H32N2O3/c1-16(2)11-13-24-15-21(22(28)29-6)26(18(5)27)23(24)25(14-12-17(3)4)20-10-8-7-9-19(20)24/h7-12,21,23H,13-15H2,1-6H3/t21-,23-,24-/m0/s1. The minimum absolute atomic E-state index is 0.0977. The third kappa shape index (κ3) is 3.59. The average Bonchev–Trinajstić information content (AvgIpc) is 3.14. The normalized spacial score (nSPS) is 24.6. The molecule has 2 aliphatic rings. The monoisotopic (exact) mass is 396 g/mol. The van der Waals surface area contributed by atoms with Crippen LogP contribution in [0.1, 0.15) is 53.0 Å². The Labute approximate surface area is 174 Å². The number of esters is 1. The van der Waals surface area contributed by atoms with E-state index in [4.69, 9.17) is 4.74 Å². The highest BCUT2D eigenvalue weighted by Gasteiger charge is 2.62. The number of methoxy groups -OCH3 is 1. The number of para-hydroxylation sites is 1. The lowest BCUT2D eigenvalue weighted by Crippen LogP contribution is -2.54. The number of benzene rings is 1. The smallest absolute Gasteiger partial charge is 0.328 e. The van der Waals surface area contributed by atoms with E-state index in [1.807, 2.05) is 12.1 Å². The molecular weight excluding hydrogens is 364 g/mol. The number of rotatable bonds is 5. The van der Waals surface area contributed by atoms with Crippen LogP contribution in [0.4, 0.5) is 5.69 Å². The molecule has 2 heterocycles. The Bertz CT molecular complexity index is 865. The predicted molar refractivity (Wildman–Crippen MR) is 116 cm³/mol. The third-order valence-electron chi connectivity index (χ3n) is 6.10. The molecule has 1 aromatic carbocycles. The van der Waals surface area contributed by atoms with E-state index in [9.17, 15) is 9.59 Å². The number of carbonyl (C=O) groups is 2. The first-order chi connectivity index (χ1) is 13.7. The van der Waals surface area contributed by atoms with Gasteiger partial charge in [-0.15, -0.1) is 0 Å². The van der Waals surface area contributed by atoms with Crippen molar-refractivity contribution in [3.8, 4) is 0 Å². The summed E-state index contributed by atoms with van der Waals surface area (Å²) >= 11 is 0. The highest BCUT2D eigenvalue weighted by Crippen LogP contribution is 2.56. The molecule has 1 amide bonds. The molecule has 3 rings (SSSR count). The first-order valence-corrected chi connectivity index (χ1v) is 10.2. The maximum Gasteiger partial charge on any atom is 0.328 e. The number of nitrogens with zero attached hydrogens (tertiary/aromatic N) is 2. The maximum absolute atomic E-state index is 12.8. The molecule has 0 aliphatic carbocycles. The van der Waals surface area contributed by atoms with Crippen LogP contribution in [-0.2, 0) is 19.7 Å². The molecular formula is C24H32N2O3. The van der Waals surface area contributed by atoms with Crippen molar-refractivity contribution in [3.05, 3.63) is 53.1 Å². The second-order valence-electron chi connectivity index (χ2n) is 8.64. The van der Waals surface area contributed by atoms with Gasteiger partial charge in [-0.1, -0.05) is 41.5 Å². The highest BCUT2D eigenvalue weighted by molar-refractivity contribution is 5.87. The van der Waals surface area contributed by atoms with Crippen LogP contribution in [0, 0.1) is 0 Å². The maximum atomic E-state index is 12.8. The van der Waals surface area contributed by atoms with Crippen LogP contribution >= 0.6 is 0 Å². The van der Waals surface area contributed by atoms with Crippen molar-refractivity contribution in [1.82, 2.24) is 4.90 Å². The van der Waals surface area contributed by atoms with Crippen molar-refractivity contribution >= 4 is 17.6 Å². The zero-order valence-corrected chi connectivity index (χ0v) is 18.4. The van der Waals surface area contributed by atoms with Gasteiger partial charge in [-0.25, -0.2) is 4.79 Å². The number of hydrogen-bond donors (Lipinski definition) is 0. The van der Waals surface area contributed by atoms with Gasteiger partial charge in [-0.2, -0.15) is 0 Å². The fourth-order valence-corrected chi connectivity index (χ4v) is 4.85. The van der Waals surface area contributed by atoms with E-state index in [2.05, 4.69) is 56.9 Å². The molecule has 0 aromatic heterocycles. The number of fused-ring (bicyclic) bond motifs is 3. The summed E-state index contributed by atoms with van der Waals surface area (Å²) in [6.07, 6.45) is 5.53. The molecule has 29 heavy (non-hydrogen) atoms. The fraction of sp³-hybridized carbons (Fsp3) is 0.500. The molecule has 156 valence electrons. The van der Waals surface area contributed by atoms with Crippen molar-refractivity contribution in [1.29, 1.82) is 0 Å². The van der Waals surface area contributed by atoms with Crippen molar-refractivity contribution in [2.24, 2.45) is 0 Å². The van der Waals surface area contributed by atoms with Gasteiger partial charge in [0.05, 0.1) is 7.11 Å². The number of amides is 1. The van der Waals surface area contributed by atoms with Gasteiger partial charge in [0.1, 0.15) is 12.2 Å². The number of hydrogen-bond acceptors (Lipinski definition) is 4. The van der Waals surface area contributed by atoms with Crippen LogP contribution in [0.25, 0.3) is 0 Å². The van der Waals surface area contributed by atoms with Crippen molar-refractivity contribution < 1.29 is 14.3 Å². The van der Waals surface area contributed by atoms with Gasteiger partial charge in [-0.05, 0) is 52.2 Å². The quantitative estimate of drug-likeness (QED) is 0.553. The van der Waals surface area contributed by atoms with Crippen LogP contribution in [0.3, 0.4) is 0 Å². The molecule has 2 aliphatic heterocycles. The molecule has 0 spiro atoms. The lowest BCUT2D eigenvalue weighted by atomic mass is 9.75. The van der Waals surface area contributed by atoms with E-state index >= 15 is 0 Å². The number of carbonyl (C=O) groups excluding carboxylic acids is 2. The molecule has 0 saturated carbocycles. The Morgan fingerprint density at radius 3 is 2.34 bits per heavy atom. The first kappa shape index (κ1) is 21.2. The summed E-state index contributed by atoms with van der Waals surface area (Å²) in [5, 5.41) is 0. The molecule has 0 unspecified atom stereocenters. The largest absolute Gasteiger partial charge is 0.467 e. The van der Waals surface area contributed by atoms with Gasteiger partial charge in [0.15, 0.2) is 0 Å². The van der Waals surface area contributed by atoms with Crippen LogP contribution in [0.15, 0.2) is 47.6 Å². The second kappa shape index (κ2) is 8.05. The average molecular weight is 397 g/mol. The third-order valence-corrected chi connectivity index (χ3v) is 6.10. The first-order valence-electron chi connectivity index (χ1n) is 10.2. The van der Waals surface area contributed by atoms with E-state index in [1.165, 1.54) is 23.8 Å². The van der Waals surface area contributed by atoms with Gasteiger partial charge < -0.3 is 14.5 Å². The Balaban J connectivity index is 2.22. The van der Waals surface area contributed by atoms with Crippen LogP contribution in [0.2, 0.25) is 0 Å². The van der Waals surface area contributed by atoms with Crippen molar-refractivity contribution in [2.45, 2.75) is 65.1 Å². The molecule has 3 atom stereocenters. The topological polar surface area (TPSA) is 49.9 Å². The fourth-order valence-electron chi connectivity index (χ4n) is 4.85. The summed E-state index contributed by atoms with van der Waals surface area (Å²) < 4.78 is 5.09. The summed E-state index contributed by atoms with van der Waals surface area (Å²) in [6.45, 7) is 10.6. The highest BCUT2D eigenvalue weighted by atomic mass is 16.5. The van der Waals surface area contributed by atoms with E-state index in [-0.39, 0.29) is 23.5 Å². The Kier molecular flexibility index (Phi) is 5.87. The molecule has 0 bridgehead atoms. The van der Waals surface area contributed by atoms with Crippen LogP contribution in [-0.4, -0.2) is 42.6 Å². The Morgan fingerprint density at radius 1 is 1.10 bits per heavy atom. The predicted octanol–water partition coefficient (Wildman–Crippen LogP) is 4.19. The summed E-state index contributed by atoms with van der Waals surface area (Å²) in [7, 11) is 1.40. The number of likely N-dealkylation sites (tertiary alicyclic amines) is 1. The van der Waals surface area contributed by atoms with E-state index in [0.29, 0.717) is 13.0 Å². The van der Waals surface area contributed by atoms with Crippen LogP contribution in [0.5, 0.6) is 0 Å². The summed E-state index contributed by atoms with van der Waals surface area (Å²) in [6, 6.07) is 7.80. The number of ether oxygens (including phenoxy) is 1. The summed E-state index contributed by atoms with van der Waals surface area (Å²) in [5.41, 5.74) is 4.47. The van der Waals surface area contributed by atoms with E-state index in [0.717, 1.165) is 12.1 Å². The SMILES string of the molecule is COC(=O)[C@@H]1C[C@@]2(CC=C(C)C)c3ccccc3N(CC=C(C)C)[C@H]2N1C(C)=O. The summed E-state index contributed by atoms with van der Waals surface area (Å²) in [4.78, 5) is 29.5. The minimum atomic E-state index is -0.573. The Morgan fingerprint density at radius 2 is 1.76 bits per heavy atom. The molecule has 0 N–H and O–H groups in total. The molecule has 5 nitrogen and oxygen atoms in total. The van der Waals surface area contributed by atoms with Gasteiger partial charge in [-0.3, -0.25) is 4.79 Å². The minimum Gasteiger partial charge on any atom is -0.467 e. The van der Waals surface area contributed by atoms with Gasteiger partial charge in [0, 0.05) is 24.6 Å². The van der Waals surface area contributed by atoms with Gasteiger partial charge >= 0.3 is 5.97 Å². The lowest BCUT2D eigenvalue weighted by Gasteiger charge is -2.38. The van der Waals surface area contributed by atoms with Crippen molar-refractivity contribution in [3.63, 3.8) is 0 Å². The lowest BCUT2D eigenvalue weighted by molar-refractivity contribution is -0.151. The molecule has 1 saturated heterocycles. The molecule has 1 fully saturated rings. The molecule has 1 aromatic rings. The Hall–Kier alpha value is -2.56. The van der Waals surface area contributed by atoms with Gasteiger partial charge in [0.25, 0.3) is 0 Å². The van der Waals surface area contributed by atoms with Crippen molar-refractivity contribution in [2.75, 3.05) is 18.6 Å². The zero-order chi connectivity index (χ0) is 21.3. The van der Waals surface area contributed by atoms with E-state index in [1.54, 1.807) is 11.8 Å². The summed E-state index contributed by atoms with van der Waals surface area (Å²) in [5.74, 6) is -0.440. The van der Waals surface area contributed by atoms with E-state index < -0.39 is 6.04 Å². The van der Waals surface area contributed by atoms with Gasteiger partial charge in [0.2, 0.25) is 5.91 Å². The second-order valence-corrected chi connectivity index (χ2v) is 8.64. The molecule has 0 radical (unpaired) electrons.